The van der Waals surface area contributed by atoms with Crippen LogP contribution in [0.25, 0.3) is 10.9 Å². The van der Waals surface area contributed by atoms with Gasteiger partial charge in [0.2, 0.25) is 0 Å². The van der Waals surface area contributed by atoms with E-state index in [0.29, 0.717) is 16.5 Å². The van der Waals surface area contributed by atoms with Crippen molar-refractivity contribution in [3.63, 3.8) is 0 Å². The zero-order chi connectivity index (χ0) is 10.1. The van der Waals surface area contributed by atoms with E-state index in [-0.39, 0.29) is 6.42 Å². The number of aliphatic carboxylic acids is 1. The Kier molecular flexibility index (Phi) is 1.92. The number of H-pyrrole nitrogens is 1. The number of rotatable bonds is 2. The summed E-state index contributed by atoms with van der Waals surface area (Å²) in [6.45, 7) is 0. The van der Waals surface area contributed by atoms with Crippen LogP contribution < -0.4 is 0 Å². The van der Waals surface area contributed by atoms with Gasteiger partial charge in [-0.05, 0) is 17.7 Å². The Morgan fingerprint density at radius 3 is 3.07 bits per heavy atom. The van der Waals surface area contributed by atoms with Gasteiger partial charge in [-0.25, -0.2) is 4.39 Å². The van der Waals surface area contributed by atoms with Gasteiger partial charge < -0.3 is 5.11 Å². The Hall–Kier alpha value is -1.91. The average molecular weight is 194 g/mol. The minimum absolute atomic E-state index is 0.212. The summed E-state index contributed by atoms with van der Waals surface area (Å²) >= 11 is 0. The fraction of sp³-hybridized carbons (Fsp3) is 0.111. The van der Waals surface area contributed by atoms with Gasteiger partial charge in [-0.3, -0.25) is 9.89 Å². The fourth-order valence-electron chi connectivity index (χ4n) is 1.39. The normalized spacial score (nSPS) is 10.6. The Bertz CT molecular complexity index is 493. The molecule has 0 radical (unpaired) electrons. The highest BCUT2D eigenvalue weighted by Crippen LogP contribution is 2.18. The van der Waals surface area contributed by atoms with Crippen LogP contribution in [0.15, 0.2) is 18.3 Å². The van der Waals surface area contributed by atoms with E-state index < -0.39 is 11.8 Å². The van der Waals surface area contributed by atoms with E-state index in [9.17, 15) is 9.18 Å². The van der Waals surface area contributed by atoms with Crippen LogP contribution in [0.2, 0.25) is 0 Å². The van der Waals surface area contributed by atoms with Gasteiger partial charge >= 0.3 is 5.97 Å². The maximum atomic E-state index is 13.0. The summed E-state index contributed by atoms with van der Waals surface area (Å²) in [5.41, 5.74) is 0.985. The van der Waals surface area contributed by atoms with Crippen molar-refractivity contribution in [2.45, 2.75) is 6.42 Å². The van der Waals surface area contributed by atoms with Crippen LogP contribution in [-0.4, -0.2) is 21.3 Å². The van der Waals surface area contributed by atoms with Gasteiger partial charge in [0.25, 0.3) is 0 Å². The number of nitrogens with zero attached hydrogens (tertiary/aromatic N) is 1. The van der Waals surface area contributed by atoms with Crippen molar-refractivity contribution in [3.8, 4) is 0 Å². The van der Waals surface area contributed by atoms with Crippen molar-refractivity contribution >= 4 is 16.9 Å². The smallest absolute Gasteiger partial charge is 0.307 e. The van der Waals surface area contributed by atoms with E-state index in [1.165, 1.54) is 18.3 Å². The molecule has 2 aromatic rings. The molecule has 0 aliphatic heterocycles. The third-order valence-corrected chi connectivity index (χ3v) is 1.94. The molecule has 0 bridgehead atoms. The number of carbonyl (C=O) groups is 1. The molecule has 2 N–H and O–H groups in total. The monoisotopic (exact) mass is 194 g/mol. The standard InChI is InChI=1S/C9H7FN2O2/c10-7-1-5(3-8(13)14)9-6(2-7)4-11-12-9/h1-2,4H,3H2,(H,11,12)(H,13,14). The molecule has 1 heterocycles. The molecule has 0 unspecified atom stereocenters. The Balaban J connectivity index is 2.60. The number of benzene rings is 1. The van der Waals surface area contributed by atoms with Crippen molar-refractivity contribution < 1.29 is 14.3 Å². The number of carboxylic acids is 1. The molecule has 2 rings (SSSR count). The topological polar surface area (TPSA) is 66.0 Å². The predicted molar refractivity (Wildman–Crippen MR) is 47.4 cm³/mol. The first-order valence-electron chi connectivity index (χ1n) is 4.00. The molecule has 5 heteroatoms. The van der Waals surface area contributed by atoms with E-state index in [2.05, 4.69) is 10.2 Å². The molecule has 0 aliphatic carbocycles. The Morgan fingerprint density at radius 2 is 2.36 bits per heavy atom. The number of halogens is 1. The maximum Gasteiger partial charge on any atom is 0.307 e. The van der Waals surface area contributed by atoms with Crippen molar-refractivity contribution in [2.75, 3.05) is 0 Å². The van der Waals surface area contributed by atoms with E-state index in [4.69, 9.17) is 5.11 Å². The van der Waals surface area contributed by atoms with Crippen molar-refractivity contribution in [2.24, 2.45) is 0 Å². The lowest BCUT2D eigenvalue weighted by Crippen LogP contribution is -2.01. The molecule has 0 saturated heterocycles. The van der Waals surface area contributed by atoms with Crippen molar-refractivity contribution in [1.82, 2.24) is 10.2 Å². The molecule has 0 aliphatic rings. The van der Waals surface area contributed by atoms with Crippen LogP contribution in [-0.2, 0) is 11.2 Å². The van der Waals surface area contributed by atoms with E-state index >= 15 is 0 Å². The highest BCUT2D eigenvalue weighted by atomic mass is 19.1. The number of nitrogens with one attached hydrogen (secondary N) is 1. The first-order chi connectivity index (χ1) is 6.66. The van der Waals surface area contributed by atoms with Gasteiger partial charge in [-0.15, -0.1) is 0 Å². The molecule has 1 aromatic carbocycles. The summed E-state index contributed by atoms with van der Waals surface area (Å²) in [4.78, 5) is 10.5. The molecule has 0 fully saturated rings. The molecule has 0 spiro atoms. The summed E-state index contributed by atoms with van der Waals surface area (Å²) in [6.07, 6.45) is 1.25. The largest absolute Gasteiger partial charge is 0.481 e. The molecular formula is C9H7FN2O2. The summed E-state index contributed by atoms with van der Waals surface area (Å²) in [7, 11) is 0. The number of aromatic nitrogens is 2. The summed E-state index contributed by atoms with van der Waals surface area (Å²) in [5, 5.41) is 15.5. The number of hydrogen-bond donors (Lipinski definition) is 2. The molecule has 14 heavy (non-hydrogen) atoms. The van der Waals surface area contributed by atoms with Gasteiger partial charge in [0.05, 0.1) is 18.1 Å². The average Bonchev–Trinajstić information content (AvgIpc) is 2.50. The third-order valence-electron chi connectivity index (χ3n) is 1.94. The van der Waals surface area contributed by atoms with E-state index in [1.54, 1.807) is 0 Å². The minimum Gasteiger partial charge on any atom is -0.481 e. The number of hydrogen-bond acceptors (Lipinski definition) is 2. The van der Waals surface area contributed by atoms with Gasteiger partial charge in [0.1, 0.15) is 5.82 Å². The summed E-state index contributed by atoms with van der Waals surface area (Å²) in [5.74, 6) is -1.44. The highest BCUT2D eigenvalue weighted by Gasteiger charge is 2.09. The number of fused-ring (bicyclic) bond motifs is 1. The van der Waals surface area contributed by atoms with Crippen molar-refractivity contribution in [3.05, 3.63) is 29.7 Å². The van der Waals surface area contributed by atoms with Crippen LogP contribution in [0.3, 0.4) is 0 Å². The molecule has 0 saturated carbocycles. The number of carboxylic acid groups (broad SMARTS) is 1. The zero-order valence-corrected chi connectivity index (χ0v) is 7.12. The van der Waals surface area contributed by atoms with Gasteiger partial charge in [0.15, 0.2) is 0 Å². The van der Waals surface area contributed by atoms with Crippen LogP contribution >= 0.6 is 0 Å². The van der Waals surface area contributed by atoms with Crippen LogP contribution in [0, 0.1) is 5.82 Å². The van der Waals surface area contributed by atoms with Crippen LogP contribution in [0.4, 0.5) is 4.39 Å². The second-order valence-corrected chi connectivity index (χ2v) is 2.97. The fourth-order valence-corrected chi connectivity index (χ4v) is 1.39. The first-order valence-corrected chi connectivity index (χ1v) is 4.00. The third kappa shape index (κ3) is 1.44. The van der Waals surface area contributed by atoms with Gasteiger partial charge in [-0.2, -0.15) is 5.10 Å². The second kappa shape index (κ2) is 3.10. The molecule has 4 nitrogen and oxygen atoms in total. The molecule has 72 valence electrons. The quantitative estimate of drug-likeness (QED) is 0.757. The van der Waals surface area contributed by atoms with Gasteiger partial charge in [0, 0.05) is 5.39 Å². The molecular weight excluding hydrogens is 187 g/mol. The van der Waals surface area contributed by atoms with Gasteiger partial charge in [-0.1, -0.05) is 0 Å². The molecule has 0 atom stereocenters. The van der Waals surface area contributed by atoms with E-state index in [0.717, 1.165) is 0 Å². The van der Waals surface area contributed by atoms with Crippen LogP contribution in [0.1, 0.15) is 5.56 Å². The SMILES string of the molecule is O=C(O)Cc1cc(F)cc2cn[nH]c12. The Labute approximate surface area is 78.4 Å². The molecule has 0 amide bonds. The highest BCUT2D eigenvalue weighted by molar-refractivity contribution is 5.85. The lowest BCUT2D eigenvalue weighted by molar-refractivity contribution is -0.136. The molecule has 1 aromatic heterocycles. The zero-order valence-electron chi connectivity index (χ0n) is 7.12. The predicted octanol–water partition coefficient (Wildman–Crippen LogP) is 1.33. The van der Waals surface area contributed by atoms with E-state index in [1.807, 2.05) is 0 Å². The lowest BCUT2D eigenvalue weighted by Gasteiger charge is -1.99. The Morgan fingerprint density at radius 1 is 1.57 bits per heavy atom. The van der Waals surface area contributed by atoms with Crippen molar-refractivity contribution in [1.29, 1.82) is 0 Å². The number of aromatic amines is 1. The second-order valence-electron chi connectivity index (χ2n) is 2.97. The summed E-state index contributed by atoms with van der Waals surface area (Å²) in [6, 6.07) is 2.51. The summed E-state index contributed by atoms with van der Waals surface area (Å²) < 4.78 is 13.0. The van der Waals surface area contributed by atoms with Crippen LogP contribution in [0.5, 0.6) is 0 Å². The maximum absolute atomic E-state index is 13.0. The minimum atomic E-state index is -0.994. The lowest BCUT2D eigenvalue weighted by atomic mass is 10.1. The first kappa shape index (κ1) is 8.68.